The normalized spacial score (nSPS) is 16.6. The number of nitriles is 1. The summed E-state index contributed by atoms with van der Waals surface area (Å²) in [6.45, 7) is 4.03. The van der Waals surface area contributed by atoms with E-state index in [4.69, 9.17) is 14.7 Å². The Balaban J connectivity index is 1.46. The summed E-state index contributed by atoms with van der Waals surface area (Å²) in [5, 5.41) is 12.2. The fourth-order valence-electron chi connectivity index (χ4n) is 3.83. The van der Waals surface area contributed by atoms with E-state index in [-0.39, 0.29) is 6.04 Å². The van der Waals surface area contributed by atoms with Gasteiger partial charge in [0, 0.05) is 6.42 Å². The Bertz CT molecular complexity index is 989. The van der Waals surface area contributed by atoms with Crippen molar-refractivity contribution in [2.75, 3.05) is 11.9 Å². The molecule has 0 bridgehead atoms. The summed E-state index contributed by atoms with van der Waals surface area (Å²) < 4.78 is 5.99. The van der Waals surface area contributed by atoms with Gasteiger partial charge in [-0.05, 0) is 62.2 Å². The first kappa shape index (κ1) is 19.2. The Hall–Kier alpha value is -3.17. The van der Waals surface area contributed by atoms with Crippen LogP contribution in [0.2, 0.25) is 0 Å². The second-order valence-corrected chi connectivity index (χ2v) is 7.36. The second kappa shape index (κ2) is 8.89. The van der Waals surface area contributed by atoms with E-state index in [0.29, 0.717) is 5.69 Å². The molecule has 0 radical (unpaired) electrons. The topological polar surface area (TPSA) is 78.0 Å². The van der Waals surface area contributed by atoms with Crippen LogP contribution in [0, 0.1) is 11.3 Å². The molecule has 0 saturated carbocycles. The van der Waals surface area contributed by atoms with Gasteiger partial charge >= 0.3 is 0 Å². The van der Waals surface area contributed by atoms with Crippen molar-refractivity contribution in [3.05, 3.63) is 71.6 Å². The monoisotopic (exact) mass is 387 g/mol. The van der Waals surface area contributed by atoms with Crippen LogP contribution in [-0.4, -0.2) is 21.4 Å². The molecule has 1 saturated heterocycles. The summed E-state index contributed by atoms with van der Waals surface area (Å²) in [5.74, 6) is 2.88. The molecule has 0 amide bonds. The molecule has 3 aromatic rings. The molecule has 3 aromatic heterocycles. The summed E-state index contributed by atoms with van der Waals surface area (Å²) in [6.07, 6.45) is 5.99. The highest BCUT2D eigenvalue weighted by molar-refractivity contribution is 5.55. The fraction of sp³-hybridized carbons (Fsp3) is 0.348. The van der Waals surface area contributed by atoms with E-state index in [1.807, 2.05) is 24.3 Å². The standard InChI is InChI=1S/C23H25N5O/c1-2-5-19-11-12-20(29-19)16-28-13-4-7-22(28)21-6-3-8-23(27-21)26-18-10-9-17(14-24)25-15-18/h3,6,8-12,15,22H,2,4-5,7,13,16H2,1H3,(H,26,27)/t22-/m0/s1. The molecule has 4 rings (SSSR count). The van der Waals surface area contributed by atoms with Gasteiger partial charge in [0.2, 0.25) is 0 Å². The van der Waals surface area contributed by atoms with E-state index in [0.717, 1.165) is 67.5 Å². The molecule has 1 aliphatic rings. The highest BCUT2D eigenvalue weighted by Crippen LogP contribution is 2.33. The SMILES string of the molecule is CCCc1ccc(CN2CCC[C@H]2c2cccc(Nc3ccc(C#N)nc3)n2)o1. The predicted octanol–water partition coefficient (Wildman–Crippen LogP) is 4.97. The zero-order valence-electron chi connectivity index (χ0n) is 16.6. The number of rotatable bonds is 7. The van der Waals surface area contributed by atoms with Crippen LogP contribution in [0.1, 0.15) is 55.1 Å². The maximum absolute atomic E-state index is 8.88. The summed E-state index contributed by atoms with van der Waals surface area (Å²) in [6, 6.07) is 16.1. The molecule has 1 atom stereocenters. The molecule has 0 spiro atoms. The molecule has 0 aromatic carbocycles. The number of aryl methyl sites for hydroxylation is 1. The summed E-state index contributed by atoms with van der Waals surface area (Å²) in [4.78, 5) is 11.4. The van der Waals surface area contributed by atoms with Gasteiger partial charge in [-0.25, -0.2) is 9.97 Å². The number of pyridine rings is 2. The Labute approximate surface area is 171 Å². The molecule has 1 fully saturated rings. The van der Waals surface area contributed by atoms with Gasteiger partial charge in [0.25, 0.3) is 0 Å². The summed E-state index contributed by atoms with van der Waals surface area (Å²) in [7, 11) is 0. The van der Waals surface area contributed by atoms with Gasteiger partial charge in [-0.15, -0.1) is 0 Å². The highest BCUT2D eigenvalue weighted by Gasteiger charge is 2.28. The van der Waals surface area contributed by atoms with Crippen molar-refractivity contribution in [2.24, 2.45) is 0 Å². The first-order valence-electron chi connectivity index (χ1n) is 10.2. The molecule has 6 heteroatoms. The van der Waals surface area contributed by atoms with Crippen LogP contribution in [0.5, 0.6) is 0 Å². The lowest BCUT2D eigenvalue weighted by Gasteiger charge is -2.23. The van der Waals surface area contributed by atoms with Crippen molar-refractivity contribution in [1.82, 2.24) is 14.9 Å². The third-order valence-electron chi connectivity index (χ3n) is 5.20. The molecule has 29 heavy (non-hydrogen) atoms. The van der Waals surface area contributed by atoms with Crippen LogP contribution in [-0.2, 0) is 13.0 Å². The van der Waals surface area contributed by atoms with Crippen LogP contribution in [0.25, 0.3) is 0 Å². The number of furan rings is 1. The Morgan fingerprint density at radius 2 is 2.10 bits per heavy atom. The smallest absolute Gasteiger partial charge is 0.140 e. The van der Waals surface area contributed by atoms with Crippen molar-refractivity contribution in [3.63, 3.8) is 0 Å². The van der Waals surface area contributed by atoms with E-state index in [1.54, 1.807) is 12.3 Å². The number of hydrogen-bond acceptors (Lipinski definition) is 6. The minimum Gasteiger partial charge on any atom is -0.465 e. The fourth-order valence-corrected chi connectivity index (χ4v) is 3.83. The number of nitrogens with one attached hydrogen (secondary N) is 1. The van der Waals surface area contributed by atoms with Crippen LogP contribution < -0.4 is 5.32 Å². The quantitative estimate of drug-likeness (QED) is 0.616. The van der Waals surface area contributed by atoms with E-state index < -0.39 is 0 Å². The van der Waals surface area contributed by atoms with Gasteiger partial charge < -0.3 is 9.73 Å². The predicted molar refractivity (Wildman–Crippen MR) is 112 cm³/mol. The zero-order valence-corrected chi connectivity index (χ0v) is 16.6. The average Bonchev–Trinajstić information content (AvgIpc) is 3.39. The Kier molecular flexibility index (Phi) is 5.87. The minimum absolute atomic E-state index is 0.288. The van der Waals surface area contributed by atoms with Gasteiger partial charge in [-0.3, -0.25) is 4.90 Å². The van der Waals surface area contributed by atoms with E-state index in [2.05, 4.69) is 40.3 Å². The van der Waals surface area contributed by atoms with Crippen molar-refractivity contribution >= 4 is 11.5 Å². The lowest BCUT2D eigenvalue weighted by molar-refractivity contribution is 0.222. The molecule has 4 heterocycles. The molecule has 6 nitrogen and oxygen atoms in total. The molecule has 0 unspecified atom stereocenters. The van der Waals surface area contributed by atoms with Gasteiger partial charge in [0.15, 0.2) is 0 Å². The first-order chi connectivity index (χ1) is 14.2. The van der Waals surface area contributed by atoms with Gasteiger partial charge in [0.05, 0.1) is 30.2 Å². The van der Waals surface area contributed by atoms with Crippen molar-refractivity contribution < 1.29 is 4.42 Å². The number of anilines is 2. The maximum Gasteiger partial charge on any atom is 0.140 e. The van der Waals surface area contributed by atoms with Crippen LogP contribution in [0.15, 0.2) is 53.1 Å². The molecule has 1 aliphatic heterocycles. The van der Waals surface area contributed by atoms with Gasteiger partial charge in [0.1, 0.15) is 29.1 Å². The number of nitrogens with zero attached hydrogens (tertiary/aromatic N) is 4. The van der Waals surface area contributed by atoms with Gasteiger partial charge in [-0.2, -0.15) is 5.26 Å². The first-order valence-corrected chi connectivity index (χ1v) is 10.2. The average molecular weight is 387 g/mol. The molecule has 1 N–H and O–H groups in total. The Morgan fingerprint density at radius 3 is 2.90 bits per heavy atom. The molecule has 148 valence electrons. The molecular formula is C23H25N5O. The summed E-state index contributed by atoms with van der Waals surface area (Å²) >= 11 is 0. The van der Waals surface area contributed by atoms with Gasteiger partial charge in [-0.1, -0.05) is 13.0 Å². The Morgan fingerprint density at radius 1 is 1.21 bits per heavy atom. The van der Waals surface area contributed by atoms with Crippen LogP contribution in [0.3, 0.4) is 0 Å². The van der Waals surface area contributed by atoms with Crippen LogP contribution >= 0.6 is 0 Å². The van der Waals surface area contributed by atoms with Crippen molar-refractivity contribution in [2.45, 2.75) is 45.2 Å². The third kappa shape index (κ3) is 4.64. The second-order valence-electron chi connectivity index (χ2n) is 7.36. The van der Waals surface area contributed by atoms with Crippen molar-refractivity contribution in [1.29, 1.82) is 5.26 Å². The molecular weight excluding hydrogens is 362 g/mol. The number of likely N-dealkylation sites (tertiary alicyclic amines) is 1. The van der Waals surface area contributed by atoms with E-state index in [9.17, 15) is 0 Å². The zero-order chi connectivity index (χ0) is 20.1. The van der Waals surface area contributed by atoms with E-state index in [1.165, 1.54) is 0 Å². The maximum atomic E-state index is 8.88. The summed E-state index contributed by atoms with van der Waals surface area (Å²) in [5.41, 5.74) is 2.28. The minimum atomic E-state index is 0.288. The van der Waals surface area contributed by atoms with Crippen molar-refractivity contribution in [3.8, 4) is 6.07 Å². The lowest BCUT2D eigenvalue weighted by Crippen LogP contribution is -2.23. The highest BCUT2D eigenvalue weighted by atomic mass is 16.3. The van der Waals surface area contributed by atoms with E-state index >= 15 is 0 Å². The van der Waals surface area contributed by atoms with Crippen LogP contribution in [0.4, 0.5) is 11.5 Å². The lowest BCUT2D eigenvalue weighted by atomic mass is 10.1. The largest absolute Gasteiger partial charge is 0.465 e. The number of hydrogen-bond donors (Lipinski definition) is 1. The molecule has 0 aliphatic carbocycles. The number of aromatic nitrogens is 2. The third-order valence-corrected chi connectivity index (χ3v) is 5.20.